The average molecular weight is 231 g/mol. The van der Waals surface area contributed by atoms with E-state index in [9.17, 15) is 4.79 Å². The van der Waals surface area contributed by atoms with Crippen molar-refractivity contribution in [3.05, 3.63) is 0 Å². The Morgan fingerprint density at radius 1 is 1.44 bits per heavy atom. The Balaban J connectivity index is 2.10. The Bertz CT molecular complexity index is 210. The Hall–Kier alpha value is -0.810. The van der Waals surface area contributed by atoms with Gasteiger partial charge in [0.2, 0.25) is 0 Å². The number of rotatable bonds is 6. The van der Waals surface area contributed by atoms with Gasteiger partial charge in [-0.25, -0.2) is 4.79 Å². The summed E-state index contributed by atoms with van der Waals surface area (Å²) in [6, 6.07) is 0. The number of ether oxygens (including phenoxy) is 1. The molecule has 1 saturated heterocycles. The minimum atomic E-state index is -0.804. The molecule has 0 saturated carbocycles. The van der Waals surface area contributed by atoms with Crippen molar-refractivity contribution in [3.63, 3.8) is 0 Å². The molecule has 1 unspecified atom stereocenters. The highest BCUT2D eigenvalue weighted by Crippen LogP contribution is 2.20. The molecule has 1 heterocycles. The van der Waals surface area contributed by atoms with Crippen molar-refractivity contribution >= 4 is 6.09 Å². The van der Waals surface area contributed by atoms with E-state index in [0.717, 1.165) is 25.7 Å². The van der Waals surface area contributed by atoms with Crippen LogP contribution in [0.25, 0.3) is 0 Å². The van der Waals surface area contributed by atoms with E-state index < -0.39 is 6.09 Å². The fraction of sp³-hybridized carbons (Fsp3) is 0.909. The van der Waals surface area contributed by atoms with Gasteiger partial charge in [-0.3, -0.25) is 0 Å². The highest BCUT2D eigenvalue weighted by molar-refractivity contribution is 5.65. The van der Waals surface area contributed by atoms with Gasteiger partial charge in [0.05, 0.1) is 13.2 Å². The predicted octanol–water partition coefficient (Wildman–Crippen LogP) is 1.17. The molecule has 1 aliphatic heterocycles. The van der Waals surface area contributed by atoms with Crippen LogP contribution in [-0.2, 0) is 4.74 Å². The normalized spacial score (nSPS) is 21.1. The highest BCUT2D eigenvalue weighted by Gasteiger charge is 2.22. The lowest BCUT2D eigenvalue weighted by Crippen LogP contribution is -2.39. The molecule has 1 atom stereocenters. The smallest absolute Gasteiger partial charge is 0.407 e. The van der Waals surface area contributed by atoms with Crippen LogP contribution in [-0.4, -0.2) is 54.1 Å². The first-order valence-corrected chi connectivity index (χ1v) is 5.90. The number of aliphatic hydroxyl groups is 1. The molecule has 0 aromatic carbocycles. The van der Waals surface area contributed by atoms with Gasteiger partial charge in [0.1, 0.15) is 0 Å². The summed E-state index contributed by atoms with van der Waals surface area (Å²) in [5.41, 5.74) is 0. The molecule has 1 amide bonds. The number of carboxylic acid groups (broad SMARTS) is 1. The van der Waals surface area contributed by atoms with Crippen LogP contribution in [0.3, 0.4) is 0 Å². The fourth-order valence-corrected chi connectivity index (χ4v) is 2.12. The van der Waals surface area contributed by atoms with Crippen molar-refractivity contribution in [1.29, 1.82) is 0 Å². The zero-order valence-electron chi connectivity index (χ0n) is 9.60. The van der Waals surface area contributed by atoms with E-state index in [-0.39, 0.29) is 6.61 Å². The summed E-state index contributed by atoms with van der Waals surface area (Å²) in [6.45, 7) is 2.45. The highest BCUT2D eigenvalue weighted by atomic mass is 16.5. The molecule has 1 aliphatic rings. The minimum absolute atomic E-state index is 0.0657. The average Bonchev–Trinajstić information content (AvgIpc) is 2.29. The van der Waals surface area contributed by atoms with Gasteiger partial charge in [-0.1, -0.05) is 0 Å². The molecular formula is C11H21NO4. The van der Waals surface area contributed by atoms with Crippen molar-refractivity contribution in [2.24, 2.45) is 5.92 Å². The lowest BCUT2D eigenvalue weighted by molar-refractivity contribution is 0.0821. The van der Waals surface area contributed by atoms with Crippen LogP contribution in [0.1, 0.15) is 25.7 Å². The summed E-state index contributed by atoms with van der Waals surface area (Å²) < 4.78 is 5.17. The second-order valence-electron chi connectivity index (χ2n) is 4.22. The molecule has 5 nitrogen and oxygen atoms in total. The first-order chi connectivity index (χ1) is 7.74. The van der Waals surface area contributed by atoms with E-state index in [1.54, 1.807) is 0 Å². The third-order valence-corrected chi connectivity index (χ3v) is 2.93. The predicted molar refractivity (Wildman–Crippen MR) is 59.5 cm³/mol. The van der Waals surface area contributed by atoms with Crippen molar-refractivity contribution in [3.8, 4) is 0 Å². The van der Waals surface area contributed by atoms with E-state index in [2.05, 4.69) is 0 Å². The Kier molecular flexibility index (Phi) is 6.18. The van der Waals surface area contributed by atoms with Crippen molar-refractivity contribution in [2.75, 3.05) is 32.9 Å². The maximum Gasteiger partial charge on any atom is 0.407 e. The molecule has 0 spiro atoms. The summed E-state index contributed by atoms with van der Waals surface area (Å²) in [4.78, 5) is 12.3. The molecule has 1 fully saturated rings. The maximum absolute atomic E-state index is 10.8. The van der Waals surface area contributed by atoms with Crippen LogP contribution in [0, 0.1) is 5.92 Å². The van der Waals surface area contributed by atoms with E-state index in [4.69, 9.17) is 14.9 Å². The summed E-state index contributed by atoms with van der Waals surface area (Å²) in [6.07, 6.45) is 3.23. The number of hydrogen-bond donors (Lipinski definition) is 2. The first kappa shape index (κ1) is 13.3. The first-order valence-electron chi connectivity index (χ1n) is 5.90. The molecule has 0 aliphatic carbocycles. The van der Waals surface area contributed by atoms with Crippen molar-refractivity contribution < 1.29 is 19.7 Å². The van der Waals surface area contributed by atoms with Gasteiger partial charge in [0.15, 0.2) is 0 Å². The van der Waals surface area contributed by atoms with Crippen LogP contribution < -0.4 is 0 Å². The van der Waals surface area contributed by atoms with Gasteiger partial charge >= 0.3 is 6.09 Å². The lowest BCUT2D eigenvalue weighted by atomic mass is 9.94. The molecule has 0 aromatic rings. The third kappa shape index (κ3) is 4.81. The number of amides is 1. The largest absolute Gasteiger partial charge is 0.465 e. The SMILES string of the molecule is O=C(O)N1CCCC(CCCOCCO)C1. The summed E-state index contributed by atoms with van der Waals surface area (Å²) in [7, 11) is 0. The topological polar surface area (TPSA) is 70.0 Å². The summed E-state index contributed by atoms with van der Waals surface area (Å²) >= 11 is 0. The fourth-order valence-electron chi connectivity index (χ4n) is 2.12. The van der Waals surface area contributed by atoms with Crippen LogP contribution >= 0.6 is 0 Å². The molecule has 0 radical (unpaired) electrons. The molecule has 0 bridgehead atoms. The number of carbonyl (C=O) groups is 1. The van der Waals surface area contributed by atoms with Gasteiger partial charge in [0, 0.05) is 19.7 Å². The number of hydrogen-bond acceptors (Lipinski definition) is 3. The molecule has 2 N–H and O–H groups in total. The zero-order chi connectivity index (χ0) is 11.8. The monoisotopic (exact) mass is 231 g/mol. The summed E-state index contributed by atoms with van der Waals surface area (Å²) in [5, 5.41) is 17.4. The zero-order valence-corrected chi connectivity index (χ0v) is 9.60. The van der Waals surface area contributed by atoms with E-state index in [1.165, 1.54) is 4.90 Å². The third-order valence-electron chi connectivity index (χ3n) is 2.93. The van der Waals surface area contributed by atoms with Crippen LogP contribution in [0.15, 0.2) is 0 Å². The van der Waals surface area contributed by atoms with Crippen molar-refractivity contribution in [1.82, 2.24) is 4.90 Å². The summed E-state index contributed by atoms with van der Waals surface area (Å²) in [5.74, 6) is 0.475. The van der Waals surface area contributed by atoms with Crippen LogP contribution in [0.5, 0.6) is 0 Å². The van der Waals surface area contributed by atoms with Gasteiger partial charge in [-0.05, 0) is 31.6 Å². The lowest BCUT2D eigenvalue weighted by Gasteiger charge is -2.30. The van der Waals surface area contributed by atoms with Gasteiger partial charge in [-0.15, -0.1) is 0 Å². The Labute approximate surface area is 96.0 Å². The number of piperidine rings is 1. The van der Waals surface area contributed by atoms with E-state index >= 15 is 0 Å². The molecule has 0 aromatic heterocycles. The molecular weight excluding hydrogens is 210 g/mol. The second kappa shape index (κ2) is 7.46. The van der Waals surface area contributed by atoms with Gasteiger partial charge in [0.25, 0.3) is 0 Å². The Morgan fingerprint density at radius 3 is 2.94 bits per heavy atom. The van der Waals surface area contributed by atoms with Crippen molar-refractivity contribution in [2.45, 2.75) is 25.7 Å². The van der Waals surface area contributed by atoms with Crippen LogP contribution in [0.4, 0.5) is 4.79 Å². The molecule has 1 rings (SSSR count). The Morgan fingerprint density at radius 2 is 2.25 bits per heavy atom. The number of nitrogens with zero attached hydrogens (tertiary/aromatic N) is 1. The number of likely N-dealkylation sites (tertiary alicyclic amines) is 1. The standard InChI is InChI=1S/C11H21NO4/c13-6-8-16-7-2-4-10-3-1-5-12(9-10)11(14)15/h10,13H,1-9H2,(H,14,15). The second-order valence-corrected chi connectivity index (χ2v) is 4.22. The number of aliphatic hydroxyl groups excluding tert-OH is 1. The van der Waals surface area contributed by atoms with Crippen LogP contribution in [0.2, 0.25) is 0 Å². The van der Waals surface area contributed by atoms with Gasteiger partial charge < -0.3 is 19.8 Å². The molecule has 5 heteroatoms. The minimum Gasteiger partial charge on any atom is -0.465 e. The molecule has 16 heavy (non-hydrogen) atoms. The maximum atomic E-state index is 10.8. The van der Waals surface area contributed by atoms with E-state index in [1.807, 2.05) is 0 Å². The quantitative estimate of drug-likeness (QED) is 0.673. The molecule has 94 valence electrons. The van der Waals surface area contributed by atoms with Gasteiger partial charge in [-0.2, -0.15) is 0 Å². The van der Waals surface area contributed by atoms with E-state index in [0.29, 0.717) is 32.2 Å².